The molecule has 0 radical (unpaired) electrons. The highest BCUT2D eigenvalue weighted by molar-refractivity contribution is 6.30. The van der Waals surface area contributed by atoms with Gasteiger partial charge in [0.05, 0.1) is 22.9 Å². The molecule has 7 heteroatoms. The minimum Gasteiger partial charge on any atom is -0.295 e. The monoisotopic (exact) mass is 412 g/mol. The molecule has 152 valence electrons. The van der Waals surface area contributed by atoms with Crippen LogP contribution in [0.5, 0.6) is 0 Å². The van der Waals surface area contributed by atoms with Crippen LogP contribution in [0, 0.1) is 30.1 Å². The number of hydrogen-bond acceptors (Lipinski definition) is 3. The number of nitrogens with one attached hydrogen (secondary N) is 2. The predicted molar refractivity (Wildman–Crippen MR) is 112 cm³/mol. The highest BCUT2D eigenvalue weighted by Crippen LogP contribution is 2.60. The summed E-state index contributed by atoms with van der Waals surface area (Å²) in [4.78, 5) is 25.8. The van der Waals surface area contributed by atoms with Crippen molar-refractivity contribution in [3.63, 3.8) is 0 Å². The number of aromatic amines is 1. The first-order valence-electron chi connectivity index (χ1n) is 10.3. The van der Waals surface area contributed by atoms with Crippen LogP contribution < -0.4 is 11.0 Å². The maximum absolute atomic E-state index is 13.0. The largest absolute Gasteiger partial charge is 0.295 e. The number of carbonyl (C=O) groups excluding carboxylic acids is 1. The third kappa shape index (κ3) is 3.23. The average molecular weight is 413 g/mol. The fraction of sp³-hybridized carbons (Fsp3) is 0.500. The van der Waals surface area contributed by atoms with Gasteiger partial charge in [-0.1, -0.05) is 17.7 Å². The average Bonchev–Trinajstić information content (AvgIpc) is 2.95. The highest BCUT2D eigenvalue weighted by Gasteiger charge is 2.54. The Balaban J connectivity index is 1.34. The van der Waals surface area contributed by atoms with E-state index < -0.39 is 0 Å². The van der Waals surface area contributed by atoms with Crippen LogP contribution in [0.1, 0.15) is 49.8 Å². The summed E-state index contributed by atoms with van der Waals surface area (Å²) in [5.74, 6) is 2.13. The van der Waals surface area contributed by atoms with E-state index in [2.05, 4.69) is 15.6 Å². The number of benzene rings is 1. The molecule has 2 N–H and O–H groups in total. The molecular weight excluding hydrogens is 388 g/mol. The Hall–Kier alpha value is -2.34. The molecule has 1 aromatic heterocycles. The molecule has 29 heavy (non-hydrogen) atoms. The summed E-state index contributed by atoms with van der Waals surface area (Å²) in [6, 6.07) is 7.07. The third-order valence-corrected chi connectivity index (χ3v) is 7.30. The molecule has 1 amide bonds. The van der Waals surface area contributed by atoms with E-state index in [4.69, 9.17) is 11.6 Å². The highest BCUT2D eigenvalue weighted by atomic mass is 35.5. The molecule has 6 nitrogen and oxygen atoms in total. The van der Waals surface area contributed by atoms with E-state index in [1.807, 2.05) is 6.92 Å². The SMILES string of the molecule is Cc1[nH]n(-c2cccc(Cl)c2)c(=O)c1/C=N/NC(=O)C12CC3CC(CC(C3)C1)C2. The number of nitrogens with zero attached hydrogens (tertiary/aromatic N) is 2. The van der Waals surface area contributed by atoms with Crippen LogP contribution >= 0.6 is 11.6 Å². The van der Waals surface area contributed by atoms with E-state index in [-0.39, 0.29) is 16.9 Å². The first-order chi connectivity index (χ1) is 13.9. The molecule has 0 unspecified atom stereocenters. The molecule has 4 aliphatic rings. The molecule has 4 saturated carbocycles. The Morgan fingerprint density at radius 2 is 1.90 bits per heavy atom. The van der Waals surface area contributed by atoms with Gasteiger partial charge in [-0.2, -0.15) is 5.10 Å². The van der Waals surface area contributed by atoms with Gasteiger partial charge in [-0.25, -0.2) is 10.1 Å². The van der Waals surface area contributed by atoms with Crippen molar-refractivity contribution in [3.05, 3.63) is 50.9 Å². The van der Waals surface area contributed by atoms with Crippen molar-refractivity contribution in [2.24, 2.45) is 28.3 Å². The van der Waals surface area contributed by atoms with Gasteiger partial charge in [0.15, 0.2) is 0 Å². The molecule has 2 aromatic rings. The van der Waals surface area contributed by atoms with Crippen molar-refractivity contribution in [2.75, 3.05) is 0 Å². The Morgan fingerprint density at radius 3 is 2.52 bits per heavy atom. The quantitative estimate of drug-likeness (QED) is 0.591. The molecular formula is C22H25ClN4O2. The lowest BCUT2D eigenvalue weighted by Crippen LogP contribution is -2.52. The smallest absolute Gasteiger partial charge is 0.280 e. The minimum absolute atomic E-state index is 0.0243. The number of rotatable bonds is 4. The molecule has 0 atom stereocenters. The number of hydrogen-bond donors (Lipinski definition) is 2. The molecule has 4 fully saturated rings. The van der Waals surface area contributed by atoms with E-state index in [0.717, 1.165) is 19.3 Å². The number of carbonyl (C=O) groups is 1. The molecule has 0 spiro atoms. The van der Waals surface area contributed by atoms with E-state index in [0.29, 0.717) is 39.7 Å². The van der Waals surface area contributed by atoms with E-state index in [9.17, 15) is 9.59 Å². The fourth-order valence-corrected chi connectivity index (χ4v) is 6.36. The van der Waals surface area contributed by atoms with Crippen molar-refractivity contribution in [3.8, 4) is 5.69 Å². The van der Waals surface area contributed by atoms with Crippen LogP contribution in [0.4, 0.5) is 0 Å². The minimum atomic E-state index is -0.250. The van der Waals surface area contributed by atoms with Crippen molar-refractivity contribution in [1.82, 2.24) is 15.2 Å². The van der Waals surface area contributed by atoms with Gasteiger partial charge in [-0.3, -0.25) is 14.7 Å². The molecule has 4 bridgehead atoms. The van der Waals surface area contributed by atoms with Gasteiger partial charge < -0.3 is 0 Å². The van der Waals surface area contributed by atoms with Gasteiger partial charge in [0.2, 0.25) is 5.91 Å². The van der Waals surface area contributed by atoms with Crippen LogP contribution in [0.2, 0.25) is 5.02 Å². The van der Waals surface area contributed by atoms with Gasteiger partial charge in [-0.05, 0) is 81.4 Å². The van der Waals surface area contributed by atoms with Crippen molar-refractivity contribution >= 4 is 23.7 Å². The Morgan fingerprint density at radius 1 is 1.24 bits per heavy atom. The first-order valence-corrected chi connectivity index (χ1v) is 10.7. The van der Waals surface area contributed by atoms with E-state index in [1.54, 1.807) is 24.3 Å². The topological polar surface area (TPSA) is 79.2 Å². The lowest BCUT2D eigenvalue weighted by Gasteiger charge is -2.55. The summed E-state index contributed by atoms with van der Waals surface area (Å²) in [6.07, 6.45) is 8.30. The summed E-state index contributed by atoms with van der Waals surface area (Å²) in [5, 5.41) is 7.76. The number of halogens is 1. The number of H-pyrrole nitrogens is 1. The summed E-state index contributed by atoms with van der Waals surface area (Å²) in [7, 11) is 0. The fourth-order valence-electron chi connectivity index (χ4n) is 6.17. The summed E-state index contributed by atoms with van der Waals surface area (Å²) < 4.78 is 1.43. The molecule has 6 rings (SSSR count). The number of amides is 1. The lowest BCUT2D eigenvalue weighted by atomic mass is 9.49. The second-order valence-electron chi connectivity index (χ2n) is 9.17. The van der Waals surface area contributed by atoms with Crippen molar-refractivity contribution < 1.29 is 4.79 Å². The van der Waals surface area contributed by atoms with Crippen LogP contribution in [0.3, 0.4) is 0 Å². The molecule has 1 aromatic carbocycles. The maximum Gasteiger partial charge on any atom is 0.280 e. The first kappa shape index (κ1) is 18.7. The maximum atomic E-state index is 13.0. The summed E-state index contributed by atoms with van der Waals surface area (Å²) >= 11 is 6.04. The van der Waals surface area contributed by atoms with Crippen molar-refractivity contribution in [2.45, 2.75) is 45.4 Å². The Labute approximate surface area is 174 Å². The number of hydrazone groups is 1. The van der Waals surface area contributed by atoms with Gasteiger partial charge in [0.1, 0.15) is 0 Å². The number of aromatic nitrogens is 2. The molecule has 4 aliphatic carbocycles. The van der Waals surface area contributed by atoms with Gasteiger partial charge in [0.25, 0.3) is 5.56 Å². The Kier molecular flexibility index (Phi) is 4.42. The zero-order chi connectivity index (χ0) is 20.2. The third-order valence-electron chi connectivity index (χ3n) is 7.06. The van der Waals surface area contributed by atoms with Crippen LogP contribution in [0.15, 0.2) is 34.2 Å². The lowest BCUT2D eigenvalue weighted by molar-refractivity contribution is -0.146. The zero-order valence-electron chi connectivity index (χ0n) is 16.5. The second kappa shape index (κ2) is 6.87. The molecule has 0 aliphatic heterocycles. The van der Waals surface area contributed by atoms with Crippen molar-refractivity contribution in [1.29, 1.82) is 0 Å². The number of aryl methyl sites for hydroxylation is 1. The van der Waals surface area contributed by atoms with E-state index in [1.165, 1.54) is 30.2 Å². The van der Waals surface area contributed by atoms with Gasteiger partial charge in [-0.15, -0.1) is 0 Å². The van der Waals surface area contributed by atoms with Crippen LogP contribution in [0.25, 0.3) is 5.69 Å². The standard InChI is InChI=1S/C22H25ClN4O2/c1-13-19(20(28)27(26-13)18-4-2-3-17(23)8-18)12-24-25-21(29)22-9-14-5-15(10-22)7-16(6-14)11-22/h2-4,8,12,14-16,26H,5-7,9-11H2,1H3,(H,25,29)/b24-12+. The van der Waals surface area contributed by atoms with Crippen LogP contribution in [-0.2, 0) is 4.79 Å². The van der Waals surface area contributed by atoms with Crippen LogP contribution in [-0.4, -0.2) is 21.9 Å². The molecule has 0 saturated heterocycles. The predicted octanol–water partition coefficient (Wildman–Crippen LogP) is 3.79. The van der Waals surface area contributed by atoms with E-state index >= 15 is 0 Å². The molecule has 1 heterocycles. The zero-order valence-corrected chi connectivity index (χ0v) is 17.2. The normalized spacial score (nSPS) is 30.2. The second-order valence-corrected chi connectivity index (χ2v) is 9.60. The summed E-state index contributed by atoms with van der Waals surface area (Å²) in [6.45, 7) is 1.81. The Bertz CT molecular complexity index is 1020. The van der Waals surface area contributed by atoms with Gasteiger partial charge >= 0.3 is 0 Å². The summed E-state index contributed by atoms with van der Waals surface area (Å²) in [5.41, 5.74) is 4.04. The van der Waals surface area contributed by atoms with Gasteiger partial charge in [0, 0.05) is 10.7 Å².